The monoisotopic (exact) mass is 300 g/mol. The van der Waals surface area contributed by atoms with Crippen molar-refractivity contribution in [2.24, 2.45) is 0 Å². The molecule has 0 aromatic heterocycles. The SMILES string of the molecule is COCCCN(CCOC)C(=O)c1cc(Cl)ccc1N. The smallest absolute Gasteiger partial charge is 0.256 e. The largest absolute Gasteiger partial charge is 0.398 e. The number of methoxy groups -OCH3 is 2. The number of anilines is 1. The van der Waals surface area contributed by atoms with E-state index in [1.807, 2.05) is 0 Å². The van der Waals surface area contributed by atoms with Crippen molar-refractivity contribution < 1.29 is 14.3 Å². The van der Waals surface area contributed by atoms with Crippen molar-refractivity contribution >= 4 is 23.2 Å². The van der Waals surface area contributed by atoms with Gasteiger partial charge >= 0.3 is 0 Å². The molecule has 0 aliphatic rings. The van der Waals surface area contributed by atoms with Gasteiger partial charge in [-0.25, -0.2) is 0 Å². The lowest BCUT2D eigenvalue weighted by molar-refractivity contribution is 0.0675. The van der Waals surface area contributed by atoms with Gasteiger partial charge in [0.2, 0.25) is 0 Å². The van der Waals surface area contributed by atoms with Gasteiger partial charge in [-0.1, -0.05) is 11.6 Å². The van der Waals surface area contributed by atoms with Gasteiger partial charge in [0.1, 0.15) is 0 Å². The van der Waals surface area contributed by atoms with E-state index in [2.05, 4.69) is 0 Å². The van der Waals surface area contributed by atoms with Crippen molar-refractivity contribution in [1.82, 2.24) is 4.90 Å². The summed E-state index contributed by atoms with van der Waals surface area (Å²) in [4.78, 5) is 14.2. The molecule has 1 aromatic rings. The molecule has 0 unspecified atom stereocenters. The number of carbonyl (C=O) groups excluding carboxylic acids is 1. The van der Waals surface area contributed by atoms with Gasteiger partial charge < -0.3 is 20.1 Å². The molecule has 0 radical (unpaired) electrons. The van der Waals surface area contributed by atoms with Crippen LogP contribution >= 0.6 is 11.6 Å². The Balaban J connectivity index is 2.82. The van der Waals surface area contributed by atoms with Gasteiger partial charge in [-0.2, -0.15) is 0 Å². The third kappa shape index (κ3) is 5.00. The van der Waals surface area contributed by atoms with Crippen molar-refractivity contribution in [3.8, 4) is 0 Å². The lowest BCUT2D eigenvalue weighted by Crippen LogP contribution is -2.35. The topological polar surface area (TPSA) is 64.8 Å². The molecule has 0 bridgehead atoms. The third-order valence-electron chi connectivity index (χ3n) is 2.87. The predicted molar refractivity (Wildman–Crippen MR) is 80.1 cm³/mol. The summed E-state index contributed by atoms with van der Waals surface area (Å²) in [7, 11) is 3.24. The van der Waals surface area contributed by atoms with E-state index in [0.29, 0.717) is 42.6 Å². The molecular weight excluding hydrogens is 280 g/mol. The van der Waals surface area contributed by atoms with E-state index in [9.17, 15) is 4.79 Å². The minimum absolute atomic E-state index is 0.141. The first-order chi connectivity index (χ1) is 9.60. The van der Waals surface area contributed by atoms with Crippen molar-refractivity contribution in [2.45, 2.75) is 6.42 Å². The molecule has 0 aliphatic carbocycles. The Bertz CT molecular complexity index is 440. The molecule has 0 saturated carbocycles. The summed E-state index contributed by atoms with van der Waals surface area (Å²) < 4.78 is 10.0. The van der Waals surface area contributed by atoms with Gasteiger partial charge in [0.25, 0.3) is 5.91 Å². The zero-order chi connectivity index (χ0) is 15.0. The second-order valence-corrected chi connectivity index (χ2v) is 4.80. The number of nitrogen functional groups attached to an aromatic ring is 1. The fraction of sp³-hybridized carbons (Fsp3) is 0.500. The van der Waals surface area contributed by atoms with E-state index in [0.717, 1.165) is 6.42 Å². The number of hydrogen-bond donors (Lipinski definition) is 1. The molecule has 1 amide bonds. The van der Waals surface area contributed by atoms with Crippen LogP contribution in [0.2, 0.25) is 5.02 Å². The Kier molecular flexibility index (Phi) is 7.36. The Morgan fingerprint density at radius 2 is 1.95 bits per heavy atom. The van der Waals surface area contributed by atoms with Gasteiger partial charge in [-0.15, -0.1) is 0 Å². The first-order valence-electron chi connectivity index (χ1n) is 6.42. The van der Waals surface area contributed by atoms with Crippen LogP contribution in [0.1, 0.15) is 16.8 Å². The molecule has 0 saturated heterocycles. The number of nitrogens with zero attached hydrogens (tertiary/aromatic N) is 1. The molecule has 5 nitrogen and oxygen atoms in total. The molecular formula is C14H21ClN2O3. The fourth-order valence-corrected chi connectivity index (χ4v) is 1.97. The molecule has 1 rings (SSSR count). The number of benzene rings is 1. The van der Waals surface area contributed by atoms with E-state index >= 15 is 0 Å². The molecule has 2 N–H and O–H groups in total. The first kappa shape index (κ1) is 16.8. The maximum atomic E-state index is 12.5. The number of rotatable bonds is 8. The minimum Gasteiger partial charge on any atom is -0.398 e. The quantitative estimate of drug-likeness (QED) is 0.589. The zero-order valence-electron chi connectivity index (χ0n) is 11.9. The second kappa shape index (κ2) is 8.79. The van der Waals surface area contributed by atoms with Crippen LogP contribution in [-0.2, 0) is 9.47 Å². The molecule has 0 heterocycles. The summed E-state index contributed by atoms with van der Waals surface area (Å²) in [5.41, 5.74) is 6.70. The average molecular weight is 301 g/mol. The number of hydrogen-bond acceptors (Lipinski definition) is 4. The van der Waals surface area contributed by atoms with E-state index in [4.69, 9.17) is 26.8 Å². The summed E-state index contributed by atoms with van der Waals surface area (Å²) in [6.45, 7) is 2.16. The minimum atomic E-state index is -0.141. The molecule has 0 atom stereocenters. The number of carbonyl (C=O) groups is 1. The number of halogens is 1. The molecule has 20 heavy (non-hydrogen) atoms. The summed E-state index contributed by atoms with van der Waals surface area (Å²) in [6.07, 6.45) is 0.756. The predicted octanol–water partition coefficient (Wildman–Crippen LogP) is 2.05. The summed E-state index contributed by atoms with van der Waals surface area (Å²) in [6, 6.07) is 4.90. The Morgan fingerprint density at radius 3 is 2.60 bits per heavy atom. The highest BCUT2D eigenvalue weighted by molar-refractivity contribution is 6.31. The van der Waals surface area contributed by atoms with Crippen LogP contribution in [-0.4, -0.2) is 51.3 Å². The summed E-state index contributed by atoms with van der Waals surface area (Å²) >= 11 is 5.93. The number of nitrogens with two attached hydrogens (primary N) is 1. The Labute approximate surface area is 124 Å². The van der Waals surface area contributed by atoms with E-state index in [1.165, 1.54) is 0 Å². The van der Waals surface area contributed by atoms with E-state index in [-0.39, 0.29) is 5.91 Å². The van der Waals surface area contributed by atoms with Gasteiger partial charge in [0, 0.05) is 44.6 Å². The van der Waals surface area contributed by atoms with Crippen LogP contribution in [0.25, 0.3) is 0 Å². The number of amides is 1. The molecule has 0 aliphatic heterocycles. The van der Waals surface area contributed by atoms with Crippen LogP contribution in [0.3, 0.4) is 0 Å². The maximum Gasteiger partial charge on any atom is 0.256 e. The standard InChI is InChI=1S/C14H21ClN2O3/c1-19-8-3-6-17(7-9-20-2)14(18)12-10-11(15)4-5-13(12)16/h4-5,10H,3,6-9,16H2,1-2H3. The van der Waals surface area contributed by atoms with Gasteiger partial charge in [0.05, 0.1) is 12.2 Å². The summed E-state index contributed by atoms with van der Waals surface area (Å²) in [5, 5.41) is 0.492. The molecule has 0 fully saturated rings. The van der Waals surface area contributed by atoms with Crippen molar-refractivity contribution in [3.05, 3.63) is 28.8 Å². The van der Waals surface area contributed by atoms with Gasteiger partial charge in [-0.05, 0) is 24.6 Å². The van der Waals surface area contributed by atoms with Crippen molar-refractivity contribution in [1.29, 1.82) is 0 Å². The van der Waals surface area contributed by atoms with Crippen molar-refractivity contribution in [3.63, 3.8) is 0 Å². The van der Waals surface area contributed by atoms with E-state index < -0.39 is 0 Å². The molecule has 0 spiro atoms. The average Bonchev–Trinajstić information content (AvgIpc) is 2.44. The van der Waals surface area contributed by atoms with Gasteiger partial charge in [0.15, 0.2) is 0 Å². The third-order valence-corrected chi connectivity index (χ3v) is 3.11. The highest BCUT2D eigenvalue weighted by Crippen LogP contribution is 2.19. The summed E-state index contributed by atoms with van der Waals surface area (Å²) in [5.74, 6) is -0.141. The highest BCUT2D eigenvalue weighted by atomic mass is 35.5. The Hall–Kier alpha value is -1.30. The lowest BCUT2D eigenvalue weighted by atomic mass is 10.1. The zero-order valence-corrected chi connectivity index (χ0v) is 12.7. The van der Waals surface area contributed by atoms with Crippen LogP contribution in [0.15, 0.2) is 18.2 Å². The highest BCUT2D eigenvalue weighted by Gasteiger charge is 2.18. The van der Waals surface area contributed by atoms with Crippen LogP contribution < -0.4 is 5.73 Å². The molecule has 1 aromatic carbocycles. The maximum absolute atomic E-state index is 12.5. The molecule has 6 heteroatoms. The van der Waals surface area contributed by atoms with Gasteiger partial charge in [-0.3, -0.25) is 4.79 Å². The van der Waals surface area contributed by atoms with Crippen LogP contribution in [0.5, 0.6) is 0 Å². The first-order valence-corrected chi connectivity index (χ1v) is 6.80. The second-order valence-electron chi connectivity index (χ2n) is 4.36. The Morgan fingerprint density at radius 1 is 1.25 bits per heavy atom. The van der Waals surface area contributed by atoms with E-state index in [1.54, 1.807) is 37.3 Å². The fourth-order valence-electron chi connectivity index (χ4n) is 1.80. The van der Waals surface area contributed by atoms with Crippen LogP contribution in [0.4, 0.5) is 5.69 Å². The normalized spacial score (nSPS) is 10.6. The van der Waals surface area contributed by atoms with Crippen LogP contribution in [0, 0.1) is 0 Å². The van der Waals surface area contributed by atoms with Crippen molar-refractivity contribution in [2.75, 3.05) is 46.3 Å². The molecule has 112 valence electrons. The number of ether oxygens (including phenoxy) is 2. The lowest BCUT2D eigenvalue weighted by Gasteiger charge is -2.23.